The zero-order chi connectivity index (χ0) is 15.9. The van der Waals surface area contributed by atoms with Crippen molar-refractivity contribution in [1.29, 1.82) is 0 Å². The van der Waals surface area contributed by atoms with Gasteiger partial charge in [0.25, 0.3) is 5.91 Å². The van der Waals surface area contributed by atoms with Gasteiger partial charge in [0.05, 0.1) is 22.6 Å². The lowest BCUT2D eigenvalue weighted by molar-refractivity contribution is -0.131. The Bertz CT molecular complexity index is 741. The number of thiazole rings is 1. The quantitative estimate of drug-likeness (QED) is 0.663. The van der Waals surface area contributed by atoms with E-state index in [0.29, 0.717) is 12.4 Å². The average Bonchev–Trinajstić information content (AvgIpc) is 2.98. The molecule has 0 fully saturated rings. The van der Waals surface area contributed by atoms with Crippen molar-refractivity contribution in [2.24, 2.45) is 0 Å². The van der Waals surface area contributed by atoms with E-state index in [1.807, 2.05) is 48.5 Å². The van der Waals surface area contributed by atoms with Crippen molar-refractivity contribution < 1.29 is 9.63 Å². The maximum atomic E-state index is 11.7. The summed E-state index contributed by atoms with van der Waals surface area (Å²) in [5.74, 6) is 0.947. The Balaban J connectivity index is 1.37. The third kappa shape index (κ3) is 4.79. The van der Waals surface area contributed by atoms with Gasteiger partial charge in [-0.2, -0.15) is 0 Å². The van der Waals surface area contributed by atoms with Crippen LogP contribution in [0.4, 0.5) is 0 Å². The summed E-state index contributed by atoms with van der Waals surface area (Å²) in [6.45, 7) is 0.370. The molecule has 0 bridgehead atoms. The van der Waals surface area contributed by atoms with Crippen LogP contribution in [-0.2, 0) is 22.0 Å². The summed E-state index contributed by atoms with van der Waals surface area (Å²) in [4.78, 5) is 21.5. The van der Waals surface area contributed by atoms with Gasteiger partial charge in [-0.1, -0.05) is 42.5 Å². The van der Waals surface area contributed by atoms with Gasteiger partial charge < -0.3 is 0 Å². The first-order chi connectivity index (χ1) is 11.3. The highest BCUT2D eigenvalue weighted by molar-refractivity contribution is 7.99. The Morgan fingerprint density at radius 3 is 2.74 bits per heavy atom. The van der Waals surface area contributed by atoms with Gasteiger partial charge in [0.2, 0.25) is 0 Å². The summed E-state index contributed by atoms with van der Waals surface area (Å²) in [7, 11) is 0. The first-order valence-corrected chi connectivity index (χ1v) is 9.15. The molecule has 1 N–H and O–H groups in total. The third-order valence-electron chi connectivity index (χ3n) is 3.06. The predicted molar refractivity (Wildman–Crippen MR) is 95.2 cm³/mol. The molecule has 0 saturated heterocycles. The van der Waals surface area contributed by atoms with Crippen LogP contribution in [0.3, 0.4) is 0 Å². The van der Waals surface area contributed by atoms with Crippen LogP contribution in [-0.4, -0.2) is 16.6 Å². The number of hydrogen-bond donors (Lipinski definition) is 1. The normalized spacial score (nSPS) is 10.8. The van der Waals surface area contributed by atoms with Gasteiger partial charge in [-0.15, -0.1) is 23.1 Å². The molecule has 0 atom stereocenters. The van der Waals surface area contributed by atoms with Crippen molar-refractivity contribution >= 4 is 39.2 Å². The first-order valence-electron chi connectivity index (χ1n) is 7.18. The highest BCUT2D eigenvalue weighted by Gasteiger charge is 2.06. The highest BCUT2D eigenvalue weighted by Crippen LogP contribution is 2.24. The van der Waals surface area contributed by atoms with Gasteiger partial charge in [0.1, 0.15) is 5.01 Å². The molecule has 0 aliphatic heterocycles. The molecular weight excluding hydrogens is 328 g/mol. The maximum absolute atomic E-state index is 11.7. The number of carbonyl (C=O) groups excluding carboxylic acids is 1. The summed E-state index contributed by atoms with van der Waals surface area (Å²) < 4.78 is 1.18. The molecule has 23 heavy (non-hydrogen) atoms. The number of para-hydroxylation sites is 1. The predicted octanol–water partition coefficient (Wildman–Crippen LogP) is 3.78. The number of hydrogen-bond acceptors (Lipinski definition) is 5. The number of thioether (sulfide) groups is 1. The summed E-state index contributed by atoms with van der Waals surface area (Å²) in [6.07, 6.45) is 0. The van der Waals surface area contributed by atoms with Crippen LogP contribution in [0.2, 0.25) is 0 Å². The summed E-state index contributed by atoms with van der Waals surface area (Å²) >= 11 is 3.20. The monoisotopic (exact) mass is 344 g/mol. The molecule has 1 heterocycles. The number of carbonyl (C=O) groups is 1. The fourth-order valence-corrected chi connectivity index (χ4v) is 3.85. The van der Waals surface area contributed by atoms with Crippen molar-refractivity contribution in [3.05, 3.63) is 65.2 Å². The largest absolute Gasteiger partial charge is 0.272 e. The van der Waals surface area contributed by atoms with Gasteiger partial charge in [0, 0.05) is 5.75 Å². The molecule has 4 nitrogen and oxygen atoms in total. The molecule has 2 aromatic carbocycles. The van der Waals surface area contributed by atoms with E-state index in [9.17, 15) is 4.79 Å². The SMILES string of the molecule is O=C(CSCc1nc2ccccc2s1)NOCc1ccccc1. The number of aromatic nitrogens is 1. The highest BCUT2D eigenvalue weighted by atomic mass is 32.2. The van der Waals surface area contributed by atoms with E-state index < -0.39 is 0 Å². The number of rotatable bonds is 7. The topological polar surface area (TPSA) is 51.2 Å². The van der Waals surface area contributed by atoms with E-state index in [1.54, 1.807) is 11.3 Å². The van der Waals surface area contributed by atoms with Crippen molar-refractivity contribution in [1.82, 2.24) is 10.5 Å². The van der Waals surface area contributed by atoms with Gasteiger partial charge in [-0.3, -0.25) is 9.63 Å². The summed E-state index contributed by atoms with van der Waals surface area (Å²) in [6, 6.07) is 17.8. The van der Waals surface area contributed by atoms with Gasteiger partial charge >= 0.3 is 0 Å². The van der Waals surface area contributed by atoms with Crippen LogP contribution in [0.1, 0.15) is 10.6 Å². The zero-order valence-corrected chi connectivity index (χ0v) is 14.0. The lowest BCUT2D eigenvalue weighted by Crippen LogP contribution is -2.25. The molecule has 0 radical (unpaired) electrons. The molecule has 1 amide bonds. The average molecular weight is 344 g/mol. The van der Waals surface area contributed by atoms with E-state index >= 15 is 0 Å². The fraction of sp³-hybridized carbons (Fsp3) is 0.176. The minimum Gasteiger partial charge on any atom is -0.272 e. The molecule has 118 valence electrons. The zero-order valence-electron chi connectivity index (χ0n) is 12.4. The number of amides is 1. The second-order valence-corrected chi connectivity index (χ2v) is 6.97. The number of fused-ring (bicyclic) bond motifs is 1. The van der Waals surface area contributed by atoms with Gasteiger partial charge in [0.15, 0.2) is 0 Å². The molecule has 3 rings (SSSR count). The van der Waals surface area contributed by atoms with Gasteiger partial charge in [-0.05, 0) is 17.7 Å². The summed E-state index contributed by atoms with van der Waals surface area (Å²) in [5, 5.41) is 1.04. The Morgan fingerprint density at radius 2 is 1.91 bits per heavy atom. The Morgan fingerprint density at radius 1 is 1.13 bits per heavy atom. The van der Waals surface area contributed by atoms with Crippen molar-refractivity contribution in [3.8, 4) is 0 Å². The Hall–Kier alpha value is -1.89. The number of nitrogens with zero attached hydrogens (tertiary/aromatic N) is 1. The van der Waals surface area contributed by atoms with E-state index in [1.165, 1.54) is 16.5 Å². The van der Waals surface area contributed by atoms with E-state index in [4.69, 9.17) is 4.84 Å². The van der Waals surface area contributed by atoms with Crippen LogP contribution in [0.25, 0.3) is 10.2 Å². The molecule has 0 aliphatic rings. The molecule has 6 heteroatoms. The van der Waals surface area contributed by atoms with Crippen LogP contribution >= 0.6 is 23.1 Å². The van der Waals surface area contributed by atoms with Crippen molar-refractivity contribution in [3.63, 3.8) is 0 Å². The minimum atomic E-state index is -0.132. The van der Waals surface area contributed by atoms with Crippen LogP contribution in [0, 0.1) is 0 Å². The third-order valence-corrected chi connectivity index (χ3v) is 5.23. The van der Waals surface area contributed by atoms with Crippen LogP contribution in [0.5, 0.6) is 0 Å². The maximum Gasteiger partial charge on any atom is 0.253 e. The lowest BCUT2D eigenvalue weighted by Gasteiger charge is -2.05. The number of nitrogens with one attached hydrogen (secondary N) is 1. The second kappa shape index (κ2) is 8.10. The smallest absolute Gasteiger partial charge is 0.253 e. The molecule has 3 aromatic rings. The molecule has 1 aromatic heterocycles. The number of benzene rings is 2. The number of hydroxylamine groups is 1. The first kappa shape index (κ1) is 16.0. The molecule has 0 saturated carbocycles. The van der Waals surface area contributed by atoms with Crippen LogP contribution < -0.4 is 5.48 Å². The summed E-state index contributed by atoms with van der Waals surface area (Å²) in [5.41, 5.74) is 4.51. The molecule has 0 unspecified atom stereocenters. The molecule has 0 aliphatic carbocycles. The van der Waals surface area contributed by atoms with E-state index in [-0.39, 0.29) is 5.91 Å². The fourth-order valence-electron chi connectivity index (χ4n) is 2.02. The molecule has 0 spiro atoms. The Labute approximate surface area is 142 Å². The van der Waals surface area contributed by atoms with Crippen LogP contribution in [0.15, 0.2) is 54.6 Å². The second-order valence-electron chi connectivity index (χ2n) is 4.87. The lowest BCUT2D eigenvalue weighted by atomic mass is 10.2. The van der Waals surface area contributed by atoms with E-state index in [2.05, 4.69) is 16.5 Å². The van der Waals surface area contributed by atoms with Crippen molar-refractivity contribution in [2.75, 3.05) is 5.75 Å². The van der Waals surface area contributed by atoms with E-state index in [0.717, 1.165) is 21.8 Å². The standard InChI is InChI=1S/C17H16N2O2S2/c20-16(19-21-10-13-6-2-1-3-7-13)11-22-12-17-18-14-8-4-5-9-15(14)23-17/h1-9H,10-12H2,(H,19,20). The van der Waals surface area contributed by atoms with Crippen molar-refractivity contribution in [2.45, 2.75) is 12.4 Å². The minimum absolute atomic E-state index is 0.132. The Kier molecular flexibility index (Phi) is 5.63. The van der Waals surface area contributed by atoms with Gasteiger partial charge in [-0.25, -0.2) is 10.5 Å². The molecular formula is C17H16N2O2S2.